The lowest BCUT2D eigenvalue weighted by atomic mass is 9.99. The summed E-state index contributed by atoms with van der Waals surface area (Å²) in [6.07, 6.45) is 0. The second kappa shape index (κ2) is 9.55. The molecule has 1 fully saturated rings. The Morgan fingerprint density at radius 1 is 1.00 bits per heavy atom. The number of fused-ring (bicyclic) bond motifs is 1. The number of sulfone groups is 1. The van der Waals surface area contributed by atoms with Gasteiger partial charge in [-0.1, -0.05) is 44.2 Å². The van der Waals surface area contributed by atoms with Gasteiger partial charge < -0.3 is 9.72 Å². The van der Waals surface area contributed by atoms with Crippen molar-refractivity contribution in [2.75, 3.05) is 39.4 Å². The summed E-state index contributed by atoms with van der Waals surface area (Å²) in [4.78, 5) is 4.84. The Balaban J connectivity index is 1.81. The third kappa shape index (κ3) is 4.85. The van der Waals surface area contributed by atoms with Crippen molar-refractivity contribution >= 4 is 30.8 Å². The Kier molecular flexibility index (Phi) is 6.92. The molecule has 0 aliphatic carbocycles. The monoisotopic (exact) mass is 491 g/mol. The Hall–Kier alpha value is -2.24. The van der Waals surface area contributed by atoms with Crippen molar-refractivity contribution in [1.82, 2.24) is 14.6 Å². The van der Waals surface area contributed by atoms with E-state index < -0.39 is 19.9 Å². The van der Waals surface area contributed by atoms with Crippen LogP contribution in [0.5, 0.6) is 0 Å². The maximum atomic E-state index is 13.6. The van der Waals surface area contributed by atoms with E-state index in [0.717, 1.165) is 18.7 Å². The Morgan fingerprint density at radius 2 is 1.70 bits per heavy atom. The number of nitrogens with one attached hydrogen (secondary N) is 2. The number of nitrogens with zero attached hydrogens (tertiary/aromatic N) is 1. The summed E-state index contributed by atoms with van der Waals surface area (Å²) in [6.45, 7) is 7.30. The van der Waals surface area contributed by atoms with Crippen LogP contribution in [0.15, 0.2) is 63.3 Å². The minimum atomic E-state index is -4.14. The topological polar surface area (TPSA) is 109 Å². The molecule has 0 atom stereocenters. The lowest BCUT2D eigenvalue weighted by Crippen LogP contribution is -2.41. The molecule has 1 aliphatic rings. The summed E-state index contributed by atoms with van der Waals surface area (Å²) in [5, 5.41) is 0.108. The molecule has 0 amide bonds. The van der Waals surface area contributed by atoms with Gasteiger partial charge in [-0.2, -0.15) is 0 Å². The summed E-state index contributed by atoms with van der Waals surface area (Å²) in [7, 11) is -8.24. The summed E-state index contributed by atoms with van der Waals surface area (Å²) >= 11 is 0. The van der Waals surface area contributed by atoms with Gasteiger partial charge in [-0.15, -0.1) is 0 Å². The number of hydrogen-bond donors (Lipinski definition) is 2. The second-order valence-corrected chi connectivity index (χ2v) is 12.0. The number of rotatable bonds is 8. The van der Waals surface area contributed by atoms with Gasteiger partial charge in [0.2, 0.25) is 19.9 Å². The Labute approximate surface area is 194 Å². The van der Waals surface area contributed by atoms with E-state index in [9.17, 15) is 16.8 Å². The molecular weight excluding hydrogens is 462 g/mol. The third-order valence-corrected chi connectivity index (χ3v) is 9.21. The van der Waals surface area contributed by atoms with Crippen molar-refractivity contribution in [3.63, 3.8) is 0 Å². The number of ether oxygens (including phenoxy) is 1. The average Bonchev–Trinajstić information content (AvgIpc) is 3.22. The van der Waals surface area contributed by atoms with Gasteiger partial charge in [0.15, 0.2) is 5.03 Å². The molecule has 4 rings (SSSR count). The lowest BCUT2D eigenvalue weighted by molar-refractivity contribution is 0.0390. The minimum absolute atomic E-state index is 0.000852. The summed E-state index contributed by atoms with van der Waals surface area (Å²) in [5.41, 5.74) is 1.25. The van der Waals surface area contributed by atoms with Crippen LogP contribution < -0.4 is 4.72 Å². The van der Waals surface area contributed by atoms with E-state index in [2.05, 4.69) is 14.6 Å². The quantitative estimate of drug-likeness (QED) is 0.502. The number of sulfonamides is 1. The van der Waals surface area contributed by atoms with E-state index >= 15 is 0 Å². The predicted octanol–water partition coefficient (Wildman–Crippen LogP) is 2.73. The van der Waals surface area contributed by atoms with Crippen molar-refractivity contribution < 1.29 is 21.6 Å². The molecule has 0 spiro atoms. The first-order chi connectivity index (χ1) is 15.7. The average molecular weight is 492 g/mol. The first-order valence-electron chi connectivity index (χ1n) is 11.0. The molecule has 1 aromatic heterocycles. The fraction of sp³-hybridized carbons (Fsp3) is 0.391. The van der Waals surface area contributed by atoms with Crippen LogP contribution in [0.1, 0.15) is 25.3 Å². The van der Waals surface area contributed by atoms with Crippen LogP contribution in [-0.4, -0.2) is 66.1 Å². The fourth-order valence-electron chi connectivity index (χ4n) is 4.10. The van der Waals surface area contributed by atoms with Gasteiger partial charge in [0.1, 0.15) is 4.90 Å². The van der Waals surface area contributed by atoms with Gasteiger partial charge in [-0.05, 0) is 29.7 Å². The molecule has 1 aliphatic heterocycles. The zero-order chi connectivity index (χ0) is 23.6. The standard InChI is InChI=1S/C23H29N3O5S2/c1-17(2)19-9-6-10-20-21(19)22(23(25-20)32(27,28)18-7-4-3-5-8-18)33(29,30)24-11-12-26-13-15-31-16-14-26/h3-10,17,24-25H,11-16H2,1-2H3. The van der Waals surface area contributed by atoms with Crippen LogP contribution in [0.3, 0.4) is 0 Å². The van der Waals surface area contributed by atoms with Crippen LogP contribution in [0.4, 0.5) is 0 Å². The maximum Gasteiger partial charge on any atom is 0.244 e. The second-order valence-electron chi connectivity index (χ2n) is 8.38. The SMILES string of the molecule is CC(C)c1cccc2[nH]c(S(=O)(=O)c3ccccc3)c(S(=O)(=O)NCCN3CCOCC3)c12. The van der Waals surface area contributed by atoms with Gasteiger partial charge >= 0.3 is 0 Å². The van der Waals surface area contributed by atoms with E-state index in [1.165, 1.54) is 12.1 Å². The fourth-order valence-corrected chi connectivity index (χ4v) is 7.40. The molecule has 1 saturated heterocycles. The molecular formula is C23H29N3O5S2. The Morgan fingerprint density at radius 3 is 2.36 bits per heavy atom. The van der Waals surface area contributed by atoms with Gasteiger partial charge in [0.05, 0.1) is 18.1 Å². The number of morpholine rings is 1. The van der Waals surface area contributed by atoms with Crippen LogP contribution >= 0.6 is 0 Å². The smallest absolute Gasteiger partial charge is 0.244 e. The highest BCUT2D eigenvalue weighted by Gasteiger charge is 2.34. The molecule has 178 valence electrons. The highest BCUT2D eigenvalue weighted by molar-refractivity contribution is 7.93. The summed E-state index contributed by atoms with van der Waals surface area (Å²) in [5.74, 6) is -0.000852. The summed E-state index contributed by atoms with van der Waals surface area (Å²) < 4.78 is 62.2. The van der Waals surface area contributed by atoms with Gasteiger partial charge in [0.25, 0.3) is 0 Å². The number of H-pyrrole nitrogens is 1. The number of aromatic nitrogens is 1. The molecule has 0 unspecified atom stereocenters. The van der Waals surface area contributed by atoms with E-state index in [1.54, 1.807) is 30.3 Å². The third-order valence-electron chi connectivity index (χ3n) is 5.81. The molecule has 2 N–H and O–H groups in total. The van der Waals surface area contributed by atoms with Crippen LogP contribution in [0.2, 0.25) is 0 Å². The minimum Gasteiger partial charge on any atom is -0.379 e. The van der Waals surface area contributed by atoms with Crippen LogP contribution in [-0.2, 0) is 24.6 Å². The van der Waals surface area contributed by atoms with Crippen LogP contribution in [0, 0.1) is 0 Å². The van der Waals surface area contributed by atoms with E-state index in [-0.39, 0.29) is 27.3 Å². The largest absolute Gasteiger partial charge is 0.379 e. The summed E-state index contributed by atoms with van der Waals surface area (Å²) in [6, 6.07) is 13.2. The molecule has 0 bridgehead atoms. The van der Waals surface area contributed by atoms with E-state index in [1.807, 2.05) is 19.9 Å². The maximum absolute atomic E-state index is 13.6. The number of aromatic amines is 1. The Bertz CT molecular complexity index is 1330. The van der Waals surface area contributed by atoms with Gasteiger partial charge in [-0.25, -0.2) is 21.6 Å². The van der Waals surface area contributed by atoms with Crippen molar-refractivity contribution in [3.8, 4) is 0 Å². The van der Waals surface area contributed by atoms with Crippen molar-refractivity contribution in [2.24, 2.45) is 0 Å². The van der Waals surface area contributed by atoms with Crippen molar-refractivity contribution in [1.29, 1.82) is 0 Å². The first-order valence-corrected chi connectivity index (χ1v) is 13.9. The zero-order valence-electron chi connectivity index (χ0n) is 18.7. The predicted molar refractivity (Wildman–Crippen MR) is 127 cm³/mol. The van der Waals surface area contributed by atoms with Crippen molar-refractivity contribution in [2.45, 2.75) is 34.6 Å². The molecule has 8 nitrogen and oxygen atoms in total. The zero-order valence-corrected chi connectivity index (χ0v) is 20.4. The van der Waals surface area contributed by atoms with E-state index in [4.69, 9.17) is 4.74 Å². The molecule has 33 heavy (non-hydrogen) atoms. The number of hydrogen-bond acceptors (Lipinski definition) is 6. The molecule has 0 radical (unpaired) electrons. The highest BCUT2D eigenvalue weighted by Crippen LogP contribution is 2.37. The van der Waals surface area contributed by atoms with E-state index in [0.29, 0.717) is 30.7 Å². The normalized spacial score (nSPS) is 16.0. The van der Waals surface area contributed by atoms with Gasteiger partial charge in [0, 0.05) is 37.1 Å². The van der Waals surface area contributed by atoms with Crippen LogP contribution in [0.25, 0.3) is 10.9 Å². The molecule has 3 aromatic rings. The molecule has 0 saturated carbocycles. The lowest BCUT2D eigenvalue weighted by Gasteiger charge is -2.26. The highest BCUT2D eigenvalue weighted by atomic mass is 32.2. The molecule has 2 heterocycles. The molecule has 10 heteroatoms. The first kappa shape index (κ1) is 23.9. The van der Waals surface area contributed by atoms with Crippen molar-refractivity contribution in [3.05, 3.63) is 54.1 Å². The van der Waals surface area contributed by atoms with Gasteiger partial charge in [-0.3, -0.25) is 4.90 Å². The molecule has 2 aromatic carbocycles. The number of benzene rings is 2.